The van der Waals surface area contributed by atoms with Gasteiger partial charge in [-0.15, -0.1) is 11.3 Å². The molecule has 2 heterocycles. The van der Waals surface area contributed by atoms with Gasteiger partial charge in [0.05, 0.1) is 26.8 Å². The van der Waals surface area contributed by atoms with Gasteiger partial charge in [0.2, 0.25) is 10.0 Å². The summed E-state index contributed by atoms with van der Waals surface area (Å²) < 4.78 is 26.7. The molecule has 3 rings (SSSR count). The number of hydrazone groups is 1. The van der Waals surface area contributed by atoms with E-state index in [1.54, 1.807) is 12.1 Å². The highest BCUT2D eigenvalue weighted by Crippen LogP contribution is 2.30. The summed E-state index contributed by atoms with van der Waals surface area (Å²) in [5.41, 5.74) is 2.64. The zero-order valence-electron chi connectivity index (χ0n) is 15.9. The number of nitro groups is 1. The number of anilines is 1. The monoisotopic (exact) mass is 452 g/mol. The lowest BCUT2D eigenvalue weighted by atomic mass is 10.2. The molecule has 2 aromatic rings. The molecule has 0 saturated carbocycles. The van der Waals surface area contributed by atoms with Crippen molar-refractivity contribution in [1.29, 1.82) is 0 Å². The molecule has 160 valence electrons. The van der Waals surface area contributed by atoms with Crippen LogP contribution in [0.2, 0.25) is 0 Å². The van der Waals surface area contributed by atoms with Gasteiger partial charge in [-0.2, -0.15) is 9.41 Å². The van der Waals surface area contributed by atoms with Crippen LogP contribution in [-0.2, 0) is 14.8 Å². The number of nitrogens with zero attached hydrogens (tertiary/aromatic N) is 3. The van der Waals surface area contributed by atoms with Crippen molar-refractivity contribution >= 4 is 44.4 Å². The van der Waals surface area contributed by atoms with Crippen molar-refractivity contribution in [2.45, 2.75) is 30.6 Å². The average molecular weight is 453 g/mol. The second-order valence-electron chi connectivity index (χ2n) is 6.59. The van der Waals surface area contributed by atoms with Gasteiger partial charge >= 0.3 is 5.97 Å². The van der Waals surface area contributed by atoms with Gasteiger partial charge < -0.3 is 5.11 Å². The minimum atomic E-state index is -3.79. The minimum Gasteiger partial charge on any atom is -0.481 e. The maximum absolute atomic E-state index is 12.7. The van der Waals surface area contributed by atoms with Gasteiger partial charge in [-0.25, -0.2) is 8.42 Å². The van der Waals surface area contributed by atoms with Crippen molar-refractivity contribution in [1.82, 2.24) is 4.31 Å². The Balaban J connectivity index is 1.90. The molecule has 0 bridgehead atoms. The number of carboxylic acids is 1. The van der Waals surface area contributed by atoms with Crippen LogP contribution in [0.3, 0.4) is 0 Å². The van der Waals surface area contributed by atoms with Crippen molar-refractivity contribution < 1.29 is 23.2 Å². The molecule has 1 aliphatic heterocycles. The van der Waals surface area contributed by atoms with Gasteiger partial charge in [0.15, 0.2) is 0 Å². The summed E-state index contributed by atoms with van der Waals surface area (Å²) >= 11 is 1.37. The van der Waals surface area contributed by atoms with E-state index in [1.165, 1.54) is 27.8 Å². The predicted molar refractivity (Wildman–Crippen MR) is 112 cm³/mol. The molecule has 1 aromatic carbocycles. The Kier molecular flexibility index (Phi) is 6.80. The number of nitrogens with one attached hydrogen (secondary N) is 1. The predicted octanol–water partition coefficient (Wildman–Crippen LogP) is 3.12. The molecule has 0 radical (unpaired) electrons. The molecular formula is C18H20N4O6S2. The summed E-state index contributed by atoms with van der Waals surface area (Å²) in [6, 6.07) is 7.19. The molecule has 0 aliphatic carbocycles. The van der Waals surface area contributed by atoms with Crippen molar-refractivity contribution in [2.75, 3.05) is 18.5 Å². The lowest BCUT2D eigenvalue weighted by molar-refractivity contribution is -0.384. The van der Waals surface area contributed by atoms with E-state index in [0.29, 0.717) is 18.8 Å². The Hall–Kier alpha value is -2.83. The van der Waals surface area contributed by atoms with E-state index in [9.17, 15) is 23.3 Å². The maximum atomic E-state index is 12.7. The third-order valence-corrected chi connectivity index (χ3v) is 7.37. The lowest BCUT2D eigenvalue weighted by Crippen LogP contribution is -2.27. The van der Waals surface area contributed by atoms with Crippen LogP contribution in [-0.4, -0.2) is 47.5 Å². The first-order valence-corrected chi connectivity index (χ1v) is 11.5. The Labute approximate surface area is 177 Å². The first kappa shape index (κ1) is 21.9. The summed E-state index contributed by atoms with van der Waals surface area (Å²) in [7, 11) is -3.79. The SMILES string of the molecule is O=C(O)CC/C(=N\Nc1ccc(S(=O)(=O)N2CCCC2)cc1[N+](=O)[O-])c1cccs1. The molecule has 1 aromatic heterocycles. The summed E-state index contributed by atoms with van der Waals surface area (Å²) in [6.07, 6.45) is 1.51. The molecule has 0 unspecified atom stereocenters. The molecular weight excluding hydrogens is 432 g/mol. The topological polar surface area (TPSA) is 142 Å². The fourth-order valence-corrected chi connectivity index (χ4v) is 5.31. The summed E-state index contributed by atoms with van der Waals surface area (Å²) in [4.78, 5) is 22.4. The molecule has 0 atom stereocenters. The first-order valence-electron chi connectivity index (χ1n) is 9.16. The Morgan fingerprint density at radius 2 is 2.00 bits per heavy atom. The Bertz CT molecular complexity index is 1060. The number of aliphatic carboxylic acids is 1. The van der Waals surface area contributed by atoms with E-state index < -0.39 is 26.6 Å². The minimum absolute atomic E-state index is 0.0183. The number of hydrogen-bond donors (Lipinski definition) is 2. The molecule has 12 heteroatoms. The number of carbonyl (C=O) groups is 1. The molecule has 1 fully saturated rings. The van der Waals surface area contributed by atoms with Crippen LogP contribution >= 0.6 is 11.3 Å². The highest BCUT2D eigenvalue weighted by atomic mass is 32.2. The van der Waals surface area contributed by atoms with Gasteiger partial charge in [-0.05, 0) is 36.4 Å². The van der Waals surface area contributed by atoms with E-state index in [2.05, 4.69) is 10.5 Å². The van der Waals surface area contributed by atoms with Crippen LogP contribution in [0.25, 0.3) is 0 Å². The van der Waals surface area contributed by atoms with Gasteiger partial charge in [-0.3, -0.25) is 20.3 Å². The third-order valence-electron chi connectivity index (χ3n) is 4.56. The normalized spacial score (nSPS) is 15.3. The van der Waals surface area contributed by atoms with Crippen molar-refractivity contribution in [3.8, 4) is 0 Å². The number of rotatable bonds is 9. The molecule has 0 spiro atoms. The second-order valence-corrected chi connectivity index (χ2v) is 9.47. The van der Waals surface area contributed by atoms with E-state index >= 15 is 0 Å². The molecule has 0 amide bonds. The quantitative estimate of drug-likeness (QED) is 0.338. The largest absolute Gasteiger partial charge is 0.481 e. The first-order chi connectivity index (χ1) is 14.3. The third kappa shape index (κ3) is 5.01. The van der Waals surface area contributed by atoms with E-state index in [4.69, 9.17) is 5.11 Å². The number of carboxylic acid groups (broad SMARTS) is 1. The molecule has 1 saturated heterocycles. The summed E-state index contributed by atoms with van der Waals surface area (Å²) in [6.45, 7) is 0.794. The van der Waals surface area contributed by atoms with Crippen LogP contribution < -0.4 is 5.43 Å². The van der Waals surface area contributed by atoms with E-state index in [-0.39, 0.29) is 23.4 Å². The molecule has 10 nitrogen and oxygen atoms in total. The van der Waals surface area contributed by atoms with Gasteiger partial charge in [0.1, 0.15) is 5.69 Å². The number of nitro benzene ring substituents is 1. The zero-order valence-corrected chi connectivity index (χ0v) is 17.5. The van der Waals surface area contributed by atoms with Gasteiger partial charge in [0.25, 0.3) is 5.69 Å². The van der Waals surface area contributed by atoms with Crippen molar-refractivity contribution in [3.05, 3.63) is 50.7 Å². The molecule has 30 heavy (non-hydrogen) atoms. The second kappa shape index (κ2) is 9.32. The van der Waals surface area contributed by atoms with Crippen LogP contribution in [0.1, 0.15) is 30.6 Å². The lowest BCUT2D eigenvalue weighted by Gasteiger charge is -2.15. The number of thiophene rings is 1. The summed E-state index contributed by atoms with van der Waals surface area (Å²) in [5, 5.41) is 26.5. The fourth-order valence-electron chi connectivity index (χ4n) is 3.03. The smallest absolute Gasteiger partial charge is 0.303 e. The van der Waals surface area contributed by atoms with Crippen LogP contribution in [0, 0.1) is 10.1 Å². The summed E-state index contributed by atoms with van der Waals surface area (Å²) in [5.74, 6) is -0.985. The fraction of sp³-hybridized carbons (Fsp3) is 0.333. The zero-order chi connectivity index (χ0) is 21.7. The number of benzene rings is 1. The van der Waals surface area contributed by atoms with Crippen molar-refractivity contribution in [2.24, 2.45) is 5.10 Å². The molecule has 2 N–H and O–H groups in total. The van der Waals surface area contributed by atoms with Gasteiger partial charge in [0, 0.05) is 25.6 Å². The van der Waals surface area contributed by atoms with Crippen LogP contribution in [0.15, 0.2) is 45.7 Å². The van der Waals surface area contributed by atoms with E-state index in [1.807, 2.05) is 5.38 Å². The Morgan fingerprint density at radius 1 is 1.27 bits per heavy atom. The van der Waals surface area contributed by atoms with E-state index in [0.717, 1.165) is 23.8 Å². The van der Waals surface area contributed by atoms with Gasteiger partial charge in [-0.1, -0.05) is 6.07 Å². The maximum Gasteiger partial charge on any atom is 0.303 e. The molecule has 1 aliphatic rings. The number of hydrogen-bond acceptors (Lipinski definition) is 8. The van der Waals surface area contributed by atoms with Crippen LogP contribution in [0.5, 0.6) is 0 Å². The van der Waals surface area contributed by atoms with Crippen LogP contribution in [0.4, 0.5) is 11.4 Å². The average Bonchev–Trinajstić information content (AvgIpc) is 3.42. The number of sulfonamides is 1. The highest BCUT2D eigenvalue weighted by Gasteiger charge is 2.29. The standard InChI is InChI=1S/C18H20N4O6S2/c23-18(24)8-7-15(17-4-3-11-29-17)20-19-14-6-5-13(12-16(14)22(25)26)30(27,28)21-9-1-2-10-21/h3-6,11-12,19H,1-2,7-10H2,(H,23,24)/b20-15+. The Morgan fingerprint density at radius 3 is 2.60 bits per heavy atom. The highest BCUT2D eigenvalue weighted by molar-refractivity contribution is 7.89. The van der Waals surface area contributed by atoms with Crippen molar-refractivity contribution in [3.63, 3.8) is 0 Å².